The first-order valence-electron chi connectivity index (χ1n) is 13.2. The van der Waals surface area contributed by atoms with E-state index >= 15 is 0 Å². The third-order valence-corrected chi connectivity index (χ3v) is 6.89. The van der Waals surface area contributed by atoms with Crippen molar-refractivity contribution in [3.05, 3.63) is 77.9 Å². The molecule has 0 unspecified atom stereocenters. The van der Waals surface area contributed by atoms with Gasteiger partial charge >= 0.3 is 12.3 Å². The monoisotopic (exact) mass is 595 g/mol. The number of hydrogen-bond acceptors (Lipinski definition) is 9. The number of carbonyl (C=O) groups excluding carboxylic acids is 2. The molecule has 2 N–H and O–H groups in total. The van der Waals surface area contributed by atoms with Crippen molar-refractivity contribution in [3.8, 4) is 11.6 Å². The van der Waals surface area contributed by atoms with Gasteiger partial charge in [0.2, 0.25) is 5.88 Å². The number of piperazine rings is 1. The Kier molecular flexibility index (Phi) is 8.68. The highest BCUT2D eigenvalue weighted by Gasteiger charge is 2.34. The predicted molar refractivity (Wildman–Crippen MR) is 152 cm³/mol. The number of aromatic nitrogens is 3. The molecule has 2 aromatic heterocycles. The third-order valence-electron chi connectivity index (χ3n) is 6.89. The van der Waals surface area contributed by atoms with E-state index in [9.17, 15) is 22.8 Å². The fourth-order valence-electron chi connectivity index (χ4n) is 4.63. The molecule has 43 heavy (non-hydrogen) atoms. The smallest absolute Gasteiger partial charge is 0.416 e. The summed E-state index contributed by atoms with van der Waals surface area (Å²) in [5.41, 5.74) is -0.585. The van der Waals surface area contributed by atoms with E-state index in [1.807, 2.05) is 11.9 Å². The molecule has 0 radical (unpaired) electrons. The minimum atomic E-state index is -4.59. The Morgan fingerprint density at radius 3 is 2.49 bits per heavy atom. The summed E-state index contributed by atoms with van der Waals surface area (Å²) >= 11 is 0. The molecule has 1 saturated heterocycles. The van der Waals surface area contributed by atoms with E-state index < -0.39 is 23.7 Å². The van der Waals surface area contributed by atoms with E-state index in [1.54, 1.807) is 24.3 Å². The van der Waals surface area contributed by atoms with E-state index in [1.165, 1.54) is 37.8 Å². The number of benzene rings is 2. The summed E-state index contributed by atoms with van der Waals surface area (Å²) in [7, 11) is 3.20. The highest BCUT2D eigenvalue weighted by atomic mass is 19.4. The minimum Gasteiger partial charge on any atom is -0.453 e. The fraction of sp³-hybridized carbons (Fsp3) is 0.276. The molecule has 14 heteroatoms. The fourth-order valence-corrected chi connectivity index (χ4v) is 4.63. The Labute approximate surface area is 244 Å². The number of carbonyl (C=O) groups is 2. The van der Waals surface area contributed by atoms with Crippen LogP contribution in [0.3, 0.4) is 0 Å². The lowest BCUT2D eigenvalue weighted by Gasteiger charge is -2.33. The second kappa shape index (κ2) is 12.6. The van der Waals surface area contributed by atoms with E-state index in [2.05, 4.69) is 35.2 Å². The Balaban J connectivity index is 1.33. The molecule has 11 nitrogen and oxygen atoms in total. The van der Waals surface area contributed by atoms with Crippen LogP contribution in [0, 0.1) is 0 Å². The van der Waals surface area contributed by atoms with Crippen molar-refractivity contribution in [2.45, 2.75) is 12.7 Å². The maximum absolute atomic E-state index is 14.0. The van der Waals surface area contributed by atoms with E-state index in [4.69, 9.17) is 4.74 Å². The highest BCUT2D eigenvalue weighted by molar-refractivity contribution is 6.11. The number of nitrogens with zero attached hydrogens (tertiary/aromatic N) is 5. The molecule has 1 aliphatic heterocycles. The van der Waals surface area contributed by atoms with Crippen molar-refractivity contribution in [3.63, 3.8) is 0 Å². The molecule has 0 saturated carbocycles. The van der Waals surface area contributed by atoms with Gasteiger partial charge in [-0.15, -0.1) is 0 Å². The van der Waals surface area contributed by atoms with Crippen molar-refractivity contribution in [1.29, 1.82) is 0 Å². The molecule has 0 spiro atoms. The molecule has 5 rings (SSSR count). The first-order valence-corrected chi connectivity index (χ1v) is 13.2. The average Bonchev–Trinajstić information content (AvgIpc) is 2.98. The number of likely N-dealkylation sites (N-methyl/N-ethyl adjacent to an activating group) is 1. The summed E-state index contributed by atoms with van der Waals surface area (Å²) in [6.45, 7) is 3.11. The molecular formula is C29H28F3N7O4. The van der Waals surface area contributed by atoms with Crippen molar-refractivity contribution in [1.82, 2.24) is 24.8 Å². The first-order chi connectivity index (χ1) is 20.6. The summed E-state index contributed by atoms with van der Waals surface area (Å²) in [5.74, 6) is 0.0261. The van der Waals surface area contributed by atoms with Crippen LogP contribution in [-0.2, 0) is 17.5 Å². The number of anilines is 2. The molecule has 2 aromatic carbocycles. The van der Waals surface area contributed by atoms with E-state index in [0.29, 0.717) is 29.6 Å². The molecular weight excluding hydrogens is 567 g/mol. The predicted octanol–water partition coefficient (Wildman–Crippen LogP) is 5.01. The molecule has 1 fully saturated rings. The molecule has 0 atom stereocenters. The number of hydrogen-bond donors (Lipinski definition) is 2. The second-order valence-electron chi connectivity index (χ2n) is 9.91. The van der Waals surface area contributed by atoms with Gasteiger partial charge in [0.15, 0.2) is 0 Å². The summed E-state index contributed by atoms with van der Waals surface area (Å²) in [6.07, 6.45) is -2.66. The van der Waals surface area contributed by atoms with Crippen LogP contribution in [0.5, 0.6) is 11.6 Å². The van der Waals surface area contributed by atoms with Crippen LogP contribution in [0.2, 0.25) is 0 Å². The number of fused-ring (bicyclic) bond motifs is 1. The van der Waals surface area contributed by atoms with Gasteiger partial charge in [-0.25, -0.2) is 14.8 Å². The Morgan fingerprint density at radius 1 is 0.953 bits per heavy atom. The molecule has 3 heterocycles. The van der Waals surface area contributed by atoms with Crippen LogP contribution in [0.1, 0.15) is 21.6 Å². The number of nitrogens with one attached hydrogen (secondary N) is 2. The number of pyridine rings is 1. The number of rotatable bonds is 7. The molecule has 0 bridgehead atoms. The first kappa shape index (κ1) is 29.7. The summed E-state index contributed by atoms with van der Waals surface area (Å²) < 4.78 is 52.3. The normalized spacial score (nSPS) is 14.3. The molecule has 0 aliphatic carbocycles. The number of alkyl halides is 3. The van der Waals surface area contributed by atoms with Crippen LogP contribution in [-0.4, -0.2) is 77.1 Å². The number of amides is 2. The van der Waals surface area contributed by atoms with Gasteiger partial charge in [-0.3, -0.25) is 20.0 Å². The van der Waals surface area contributed by atoms with Gasteiger partial charge in [0, 0.05) is 56.1 Å². The number of ether oxygens (including phenoxy) is 2. The molecule has 1 aliphatic rings. The van der Waals surface area contributed by atoms with E-state index in [-0.39, 0.29) is 35.2 Å². The van der Waals surface area contributed by atoms with Crippen LogP contribution < -0.4 is 15.4 Å². The van der Waals surface area contributed by atoms with Crippen molar-refractivity contribution >= 4 is 34.3 Å². The van der Waals surface area contributed by atoms with Crippen molar-refractivity contribution < 1.29 is 32.2 Å². The Hall–Kier alpha value is -4.82. The van der Waals surface area contributed by atoms with Crippen LogP contribution in [0.25, 0.3) is 10.8 Å². The van der Waals surface area contributed by atoms with Gasteiger partial charge in [0.1, 0.15) is 23.6 Å². The lowest BCUT2D eigenvalue weighted by molar-refractivity contribution is -0.138. The summed E-state index contributed by atoms with van der Waals surface area (Å²) in [4.78, 5) is 40.9. The van der Waals surface area contributed by atoms with Gasteiger partial charge in [-0.2, -0.15) is 13.2 Å². The Morgan fingerprint density at radius 2 is 1.74 bits per heavy atom. The van der Waals surface area contributed by atoms with Gasteiger partial charge in [-0.1, -0.05) is 6.07 Å². The van der Waals surface area contributed by atoms with Gasteiger partial charge < -0.3 is 19.7 Å². The van der Waals surface area contributed by atoms with Gasteiger partial charge in [0.25, 0.3) is 5.91 Å². The lowest BCUT2D eigenvalue weighted by atomic mass is 10.0. The maximum Gasteiger partial charge on any atom is 0.416 e. The number of methoxy groups -OCH3 is 1. The SMILES string of the molecule is COC(=O)Nc1cc(Oc2ccc3c(C(=O)Nc4ccc(CN5CCN(C)CC5)c(C(F)(F)F)c4)nccc3c2)ncn1. The van der Waals surface area contributed by atoms with Crippen LogP contribution in [0.15, 0.2) is 61.1 Å². The quantitative estimate of drug-likeness (QED) is 0.304. The van der Waals surface area contributed by atoms with Crippen molar-refractivity contribution in [2.75, 3.05) is 51.0 Å². The average molecular weight is 596 g/mol. The van der Waals surface area contributed by atoms with Gasteiger partial charge in [0.05, 0.1) is 12.7 Å². The van der Waals surface area contributed by atoms with Crippen molar-refractivity contribution in [2.24, 2.45) is 0 Å². The summed E-state index contributed by atoms with van der Waals surface area (Å²) in [5, 5.41) is 6.04. The molecule has 2 amide bonds. The lowest BCUT2D eigenvalue weighted by Crippen LogP contribution is -2.44. The zero-order valence-corrected chi connectivity index (χ0v) is 23.3. The third kappa shape index (κ3) is 7.34. The topological polar surface area (TPSA) is 122 Å². The second-order valence-corrected chi connectivity index (χ2v) is 9.91. The number of halogens is 3. The zero-order valence-electron chi connectivity index (χ0n) is 23.3. The van der Waals surface area contributed by atoms with Crippen LogP contribution in [0.4, 0.5) is 29.5 Å². The molecule has 224 valence electrons. The summed E-state index contributed by atoms with van der Waals surface area (Å²) in [6, 6.07) is 11.8. The minimum absolute atomic E-state index is 0.0124. The maximum atomic E-state index is 14.0. The standard InChI is InChI=1S/C29H28F3N7O4/c1-38-9-11-39(12-10-38)16-19-3-4-20(14-23(19)29(30,31)32)36-27(40)26-22-6-5-21(13-18(22)7-8-33-26)43-25-15-24(34-17-35-25)37-28(41)42-2/h3-8,13-15,17H,9-12,16H2,1-2H3,(H,36,40)(H,34,35,37,41). The highest BCUT2D eigenvalue weighted by Crippen LogP contribution is 2.35. The van der Waals surface area contributed by atoms with Crippen LogP contribution >= 0.6 is 0 Å². The Bertz CT molecular complexity index is 1640. The van der Waals surface area contributed by atoms with Gasteiger partial charge in [-0.05, 0) is 54.4 Å². The largest absolute Gasteiger partial charge is 0.453 e. The molecule has 4 aromatic rings. The van der Waals surface area contributed by atoms with E-state index in [0.717, 1.165) is 19.2 Å². The zero-order chi connectivity index (χ0) is 30.6.